The lowest BCUT2D eigenvalue weighted by Crippen LogP contribution is -2.14. The van der Waals surface area contributed by atoms with Gasteiger partial charge in [0.05, 0.1) is 0 Å². The first-order chi connectivity index (χ1) is 3.35. The summed E-state index contributed by atoms with van der Waals surface area (Å²) in [6.45, 7) is 3.51. The zero-order valence-corrected chi connectivity index (χ0v) is 5.83. The summed E-state index contributed by atoms with van der Waals surface area (Å²) in [5.41, 5.74) is 1.72. The van der Waals surface area contributed by atoms with E-state index in [-0.39, 0.29) is 1.43 Å². The minimum absolute atomic E-state index is 0. The van der Waals surface area contributed by atoms with Crippen molar-refractivity contribution in [2.45, 2.75) is 0 Å². The first-order valence-corrected chi connectivity index (χ1v) is 3.64. The standard InChI is InChI=1S/C4H10O2Si/c1-4-7(5-2)6-3/h4,7H,1H2,2-3H3/p+1. The molecule has 7 heavy (non-hydrogen) atoms. The van der Waals surface area contributed by atoms with E-state index in [1.165, 1.54) is 0 Å². The van der Waals surface area contributed by atoms with E-state index in [0.717, 1.165) is 0 Å². The molecule has 0 aromatic rings. The lowest BCUT2D eigenvalue weighted by atomic mass is 11.3. The monoisotopic (exact) mass is 119 g/mol. The van der Waals surface area contributed by atoms with Gasteiger partial charge in [-0.25, -0.2) is 0 Å². The summed E-state index contributed by atoms with van der Waals surface area (Å²) in [5, 5.41) is 0. The van der Waals surface area contributed by atoms with Gasteiger partial charge in [0.15, 0.2) is 0 Å². The lowest BCUT2D eigenvalue weighted by molar-refractivity contribution is 0.290. The molecule has 0 unspecified atom stereocenters. The highest BCUT2D eigenvalue weighted by Gasteiger charge is 1.98. The van der Waals surface area contributed by atoms with Crippen LogP contribution >= 0.6 is 0 Å². The van der Waals surface area contributed by atoms with Gasteiger partial charge in [0, 0.05) is 14.2 Å². The lowest BCUT2D eigenvalue weighted by Gasteiger charge is -2.01. The molecule has 0 aliphatic rings. The van der Waals surface area contributed by atoms with Crippen molar-refractivity contribution in [1.82, 2.24) is 0 Å². The van der Waals surface area contributed by atoms with Gasteiger partial charge in [0.2, 0.25) is 0 Å². The highest BCUT2D eigenvalue weighted by Crippen LogP contribution is 1.81. The molecule has 0 aliphatic carbocycles. The quantitative estimate of drug-likeness (QED) is 0.499. The van der Waals surface area contributed by atoms with Crippen LogP contribution in [0.25, 0.3) is 0 Å². The van der Waals surface area contributed by atoms with E-state index in [1.54, 1.807) is 19.9 Å². The number of hydrogen-bond donors (Lipinski definition) is 0. The van der Waals surface area contributed by atoms with Crippen LogP contribution in [0.15, 0.2) is 12.3 Å². The minimum Gasteiger partial charge on any atom is -0.397 e. The van der Waals surface area contributed by atoms with Crippen molar-refractivity contribution in [2.75, 3.05) is 14.2 Å². The maximum absolute atomic E-state index is 4.85. The highest BCUT2D eigenvalue weighted by atomic mass is 28.3. The molecule has 0 heterocycles. The Kier molecular flexibility index (Phi) is 3.98. The molecule has 3 heteroatoms. The summed E-state index contributed by atoms with van der Waals surface area (Å²) in [6, 6.07) is 0. The molecule has 0 N–H and O–H groups in total. The van der Waals surface area contributed by atoms with Crippen LogP contribution in [-0.4, -0.2) is 23.5 Å². The van der Waals surface area contributed by atoms with Crippen LogP contribution in [-0.2, 0) is 8.85 Å². The summed E-state index contributed by atoms with van der Waals surface area (Å²) >= 11 is 0. The Labute approximate surface area is 47.1 Å². The Hall–Kier alpha value is -0.123. The SMILES string of the molecule is C=C[SiH](OC)OC.[H+]. The molecule has 42 valence electrons. The average molecular weight is 119 g/mol. The molecule has 2 nitrogen and oxygen atoms in total. The average Bonchev–Trinajstić information content (AvgIpc) is 1.72. The molecule has 0 fully saturated rings. The van der Waals surface area contributed by atoms with Gasteiger partial charge in [-0.15, -0.1) is 6.58 Å². The van der Waals surface area contributed by atoms with Gasteiger partial charge < -0.3 is 8.85 Å². The van der Waals surface area contributed by atoms with Crippen LogP contribution in [0.4, 0.5) is 0 Å². The minimum atomic E-state index is -1.41. The second-order valence-corrected chi connectivity index (χ2v) is 3.23. The van der Waals surface area contributed by atoms with Gasteiger partial charge in [-0.3, -0.25) is 0 Å². The first-order valence-electron chi connectivity index (χ1n) is 2.03. The molecule has 0 atom stereocenters. The Morgan fingerprint density at radius 2 is 2.00 bits per heavy atom. The van der Waals surface area contributed by atoms with Crippen molar-refractivity contribution in [3.8, 4) is 0 Å². The molecule has 0 aromatic carbocycles. The van der Waals surface area contributed by atoms with Gasteiger partial charge in [0.1, 0.15) is 0 Å². The Morgan fingerprint density at radius 3 is 2.00 bits per heavy atom. The normalized spacial score (nSPS) is 9.57. The maximum atomic E-state index is 4.85. The molecular weight excluding hydrogens is 108 g/mol. The van der Waals surface area contributed by atoms with E-state index in [1.807, 2.05) is 0 Å². The van der Waals surface area contributed by atoms with Crippen molar-refractivity contribution in [2.24, 2.45) is 0 Å². The molecule has 0 radical (unpaired) electrons. The van der Waals surface area contributed by atoms with E-state index in [0.29, 0.717) is 0 Å². The topological polar surface area (TPSA) is 18.5 Å². The second-order valence-electron chi connectivity index (χ2n) is 1.08. The Balaban J connectivity index is 0. The molecule has 0 rings (SSSR count). The number of hydrogen-bond acceptors (Lipinski definition) is 2. The summed E-state index contributed by atoms with van der Waals surface area (Å²) in [4.78, 5) is 0. The number of rotatable bonds is 3. The third kappa shape index (κ3) is 2.56. The van der Waals surface area contributed by atoms with E-state index >= 15 is 0 Å². The van der Waals surface area contributed by atoms with Crippen LogP contribution in [0, 0.1) is 0 Å². The van der Waals surface area contributed by atoms with Crippen molar-refractivity contribution in [1.29, 1.82) is 0 Å². The maximum Gasteiger partial charge on any atom is 1.00 e. The molecule has 0 amide bonds. The fraction of sp³-hybridized carbons (Fsp3) is 0.500. The van der Waals surface area contributed by atoms with E-state index in [2.05, 4.69) is 6.58 Å². The van der Waals surface area contributed by atoms with Crippen LogP contribution in [0.3, 0.4) is 0 Å². The van der Waals surface area contributed by atoms with Crippen LogP contribution in [0.5, 0.6) is 0 Å². The Bertz CT molecular complexity index is 56.0. The van der Waals surface area contributed by atoms with Gasteiger partial charge in [-0.2, -0.15) is 0 Å². The molecule has 0 aromatic heterocycles. The smallest absolute Gasteiger partial charge is 0.397 e. The molecular formula is C4H11O2Si+. The summed E-state index contributed by atoms with van der Waals surface area (Å²) in [5.74, 6) is 0. The fourth-order valence-electron chi connectivity index (χ4n) is 0.289. The highest BCUT2D eigenvalue weighted by molar-refractivity contribution is 6.50. The van der Waals surface area contributed by atoms with Crippen LogP contribution in [0.1, 0.15) is 1.43 Å². The van der Waals surface area contributed by atoms with Gasteiger partial charge in [-0.05, 0) is 0 Å². The molecule has 0 saturated heterocycles. The molecule has 0 aliphatic heterocycles. The van der Waals surface area contributed by atoms with E-state index in [9.17, 15) is 0 Å². The summed E-state index contributed by atoms with van der Waals surface area (Å²) < 4.78 is 9.69. The fourth-order valence-corrected chi connectivity index (χ4v) is 0.866. The first kappa shape index (κ1) is 6.88. The van der Waals surface area contributed by atoms with Crippen molar-refractivity contribution in [3.63, 3.8) is 0 Å². The predicted molar refractivity (Wildman–Crippen MR) is 32.5 cm³/mol. The summed E-state index contributed by atoms with van der Waals surface area (Å²) in [7, 11) is 1.85. The summed E-state index contributed by atoms with van der Waals surface area (Å²) in [6.07, 6.45) is 0. The largest absolute Gasteiger partial charge is 1.00 e. The van der Waals surface area contributed by atoms with Crippen LogP contribution in [0.2, 0.25) is 0 Å². The van der Waals surface area contributed by atoms with Crippen molar-refractivity contribution >= 4 is 9.28 Å². The van der Waals surface area contributed by atoms with Crippen molar-refractivity contribution in [3.05, 3.63) is 12.3 Å². The van der Waals surface area contributed by atoms with E-state index < -0.39 is 9.28 Å². The third-order valence-electron chi connectivity index (χ3n) is 0.657. The van der Waals surface area contributed by atoms with Crippen LogP contribution < -0.4 is 0 Å². The van der Waals surface area contributed by atoms with Gasteiger partial charge in [-0.1, -0.05) is 5.70 Å². The molecule has 0 saturated carbocycles. The van der Waals surface area contributed by atoms with Crippen molar-refractivity contribution < 1.29 is 10.3 Å². The van der Waals surface area contributed by atoms with E-state index in [4.69, 9.17) is 8.85 Å². The van der Waals surface area contributed by atoms with Gasteiger partial charge >= 0.3 is 10.7 Å². The Morgan fingerprint density at radius 1 is 1.57 bits per heavy atom. The molecule has 0 spiro atoms. The second kappa shape index (κ2) is 4.05. The zero-order valence-electron chi connectivity index (χ0n) is 5.68. The zero-order chi connectivity index (χ0) is 5.70. The van der Waals surface area contributed by atoms with Gasteiger partial charge in [0.25, 0.3) is 0 Å². The molecule has 0 bridgehead atoms. The predicted octanol–water partition coefficient (Wildman–Crippen LogP) is 0.337. The third-order valence-corrected chi connectivity index (χ3v) is 1.97.